The fraction of sp³-hybridized carbons (Fsp3) is 0.526. The van der Waals surface area contributed by atoms with E-state index in [1.807, 2.05) is 30.3 Å². The lowest BCUT2D eigenvalue weighted by Gasteiger charge is -2.56. The molecule has 3 heteroatoms. The summed E-state index contributed by atoms with van der Waals surface area (Å²) < 4.78 is 1.06. The maximum atomic E-state index is 12.4. The second-order valence-electron chi connectivity index (χ2n) is 7.57. The lowest BCUT2D eigenvalue weighted by atomic mass is 9.53. The summed E-state index contributed by atoms with van der Waals surface area (Å²) in [4.78, 5) is 12.4. The van der Waals surface area contributed by atoms with Crippen molar-refractivity contribution >= 4 is 27.9 Å². The first-order valence-electron chi connectivity index (χ1n) is 8.36. The van der Waals surface area contributed by atoms with Crippen molar-refractivity contribution in [3.05, 3.63) is 40.4 Å². The van der Waals surface area contributed by atoms with Crippen LogP contribution in [-0.2, 0) is 4.79 Å². The molecule has 0 saturated heterocycles. The van der Waals surface area contributed by atoms with Crippen LogP contribution in [0.4, 0.5) is 0 Å². The van der Waals surface area contributed by atoms with Crippen LogP contribution in [0.25, 0.3) is 6.08 Å². The van der Waals surface area contributed by atoms with E-state index in [1.54, 1.807) is 6.08 Å². The van der Waals surface area contributed by atoms with Gasteiger partial charge < -0.3 is 5.32 Å². The van der Waals surface area contributed by atoms with Crippen LogP contribution >= 0.6 is 15.9 Å². The van der Waals surface area contributed by atoms with E-state index in [-0.39, 0.29) is 11.4 Å². The third-order valence-electron chi connectivity index (χ3n) is 5.72. The zero-order chi connectivity index (χ0) is 15.2. The number of halogens is 1. The summed E-state index contributed by atoms with van der Waals surface area (Å²) in [5.41, 5.74) is 1.17. The first kappa shape index (κ1) is 14.5. The Labute approximate surface area is 140 Å². The first-order valence-corrected chi connectivity index (χ1v) is 9.15. The van der Waals surface area contributed by atoms with Crippen molar-refractivity contribution in [3.63, 3.8) is 0 Å². The van der Waals surface area contributed by atoms with Gasteiger partial charge in [0.05, 0.1) is 0 Å². The molecule has 5 rings (SSSR count). The molecular weight excluding hydrogens is 338 g/mol. The molecule has 4 fully saturated rings. The van der Waals surface area contributed by atoms with E-state index in [2.05, 4.69) is 21.2 Å². The number of carbonyl (C=O) groups excluding carboxylic acids is 1. The maximum absolute atomic E-state index is 12.4. The van der Waals surface area contributed by atoms with Crippen LogP contribution in [0.3, 0.4) is 0 Å². The molecular formula is C19H22BrNO. The predicted molar refractivity (Wildman–Crippen MR) is 92.2 cm³/mol. The lowest BCUT2D eigenvalue weighted by Crippen LogP contribution is -2.59. The van der Waals surface area contributed by atoms with Gasteiger partial charge in [0.25, 0.3) is 0 Å². The highest BCUT2D eigenvalue weighted by Gasteiger charge is 2.51. The fourth-order valence-electron chi connectivity index (χ4n) is 5.31. The molecule has 4 bridgehead atoms. The van der Waals surface area contributed by atoms with E-state index in [0.717, 1.165) is 27.8 Å². The second kappa shape index (κ2) is 5.52. The predicted octanol–water partition coefficient (Wildman–Crippen LogP) is 4.55. The van der Waals surface area contributed by atoms with Gasteiger partial charge in [-0.05, 0) is 80.1 Å². The van der Waals surface area contributed by atoms with Crippen molar-refractivity contribution in [2.24, 2.45) is 17.8 Å². The van der Waals surface area contributed by atoms with Crippen LogP contribution in [-0.4, -0.2) is 11.4 Å². The number of hydrogen-bond acceptors (Lipinski definition) is 1. The minimum Gasteiger partial charge on any atom is -0.347 e. The Balaban J connectivity index is 1.42. The minimum atomic E-state index is 0.0740. The van der Waals surface area contributed by atoms with E-state index in [1.165, 1.54) is 38.5 Å². The highest BCUT2D eigenvalue weighted by Crippen LogP contribution is 2.55. The van der Waals surface area contributed by atoms with Crippen molar-refractivity contribution in [1.29, 1.82) is 0 Å². The number of benzene rings is 1. The van der Waals surface area contributed by atoms with Crippen molar-refractivity contribution in [2.45, 2.75) is 44.1 Å². The Hall–Kier alpha value is -1.09. The third kappa shape index (κ3) is 2.88. The SMILES string of the molecule is O=C(/C=C/c1ccc(Br)cc1)NC12CC3CC(CC(C3)C1)C2. The summed E-state index contributed by atoms with van der Waals surface area (Å²) in [6.45, 7) is 0. The lowest BCUT2D eigenvalue weighted by molar-refractivity contribution is -0.122. The molecule has 116 valence electrons. The number of amides is 1. The molecule has 0 spiro atoms. The van der Waals surface area contributed by atoms with Crippen LogP contribution < -0.4 is 5.32 Å². The van der Waals surface area contributed by atoms with Crippen molar-refractivity contribution in [3.8, 4) is 0 Å². The fourth-order valence-corrected chi connectivity index (χ4v) is 5.58. The van der Waals surface area contributed by atoms with E-state index in [9.17, 15) is 4.79 Å². The molecule has 0 aromatic heterocycles. The first-order chi connectivity index (χ1) is 10.6. The zero-order valence-corrected chi connectivity index (χ0v) is 14.3. The topological polar surface area (TPSA) is 29.1 Å². The molecule has 1 N–H and O–H groups in total. The Bertz CT molecular complexity index is 569. The molecule has 0 heterocycles. The maximum Gasteiger partial charge on any atom is 0.244 e. The Kier molecular flexibility index (Phi) is 3.64. The molecule has 0 radical (unpaired) electrons. The summed E-state index contributed by atoms with van der Waals surface area (Å²) >= 11 is 3.43. The number of nitrogens with one attached hydrogen (secondary N) is 1. The van der Waals surface area contributed by atoms with Gasteiger partial charge in [0.1, 0.15) is 0 Å². The number of rotatable bonds is 3. The smallest absolute Gasteiger partial charge is 0.244 e. The summed E-state index contributed by atoms with van der Waals surface area (Å²) in [5, 5.41) is 3.37. The van der Waals surface area contributed by atoms with Crippen LogP contribution in [0.2, 0.25) is 0 Å². The van der Waals surface area contributed by atoms with Gasteiger partial charge >= 0.3 is 0 Å². The normalized spacial score (nSPS) is 36.0. The van der Waals surface area contributed by atoms with Gasteiger partial charge in [-0.1, -0.05) is 28.1 Å². The van der Waals surface area contributed by atoms with Gasteiger partial charge in [0.2, 0.25) is 5.91 Å². The molecule has 1 amide bonds. The molecule has 0 unspecified atom stereocenters. The number of carbonyl (C=O) groups is 1. The van der Waals surface area contributed by atoms with Gasteiger partial charge in [0.15, 0.2) is 0 Å². The van der Waals surface area contributed by atoms with E-state index in [4.69, 9.17) is 0 Å². The van der Waals surface area contributed by atoms with Gasteiger partial charge in [-0.25, -0.2) is 0 Å². The molecule has 2 nitrogen and oxygen atoms in total. The Morgan fingerprint density at radius 1 is 1.05 bits per heavy atom. The third-order valence-corrected chi connectivity index (χ3v) is 6.25. The molecule has 4 aliphatic carbocycles. The summed E-state index contributed by atoms with van der Waals surface area (Å²) in [5.74, 6) is 2.66. The highest BCUT2D eigenvalue weighted by molar-refractivity contribution is 9.10. The van der Waals surface area contributed by atoms with Crippen LogP contribution in [0, 0.1) is 17.8 Å². The molecule has 0 aliphatic heterocycles. The molecule has 1 aromatic rings. The average molecular weight is 360 g/mol. The minimum absolute atomic E-state index is 0.0740. The quantitative estimate of drug-likeness (QED) is 0.788. The van der Waals surface area contributed by atoms with Gasteiger partial charge in [-0.2, -0.15) is 0 Å². The standard InChI is InChI=1S/C19H22BrNO/c20-17-4-1-13(2-5-17)3-6-18(22)21-19-10-14-7-15(11-19)9-16(8-14)12-19/h1-6,14-16H,7-12H2,(H,21,22)/b6-3+. The summed E-state index contributed by atoms with van der Waals surface area (Å²) in [6.07, 6.45) is 11.4. The van der Waals surface area contributed by atoms with Crippen LogP contribution in [0.5, 0.6) is 0 Å². The van der Waals surface area contributed by atoms with E-state index >= 15 is 0 Å². The average Bonchev–Trinajstić information content (AvgIpc) is 2.44. The summed E-state index contributed by atoms with van der Waals surface area (Å²) in [6, 6.07) is 8.02. The number of hydrogen-bond donors (Lipinski definition) is 1. The van der Waals surface area contributed by atoms with Crippen LogP contribution in [0.15, 0.2) is 34.8 Å². The van der Waals surface area contributed by atoms with E-state index < -0.39 is 0 Å². The highest BCUT2D eigenvalue weighted by atomic mass is 79.9. The van der Waals surface area contributed by atoms with Crippen molar-refractivity contribution < 1.29 is 4.79 Å². The molecule has 0 atom stereocenters. The van der Waals surface area contributed by atoms with Gasteiger partial charge in [-0.15, -0.1) is 0 Å². The Morgan fingerprint density at radius 2 is 1.59 bits per heavy atom. The largest absolute Gasteiger partial charge is 0.347 e. The second-order valence-corrected chi connectivity index (χ2v) is 8.49. The van der Waals surface area contributed by atoms with Crippen LogP contribution in [0.1, 0.15) is 44.1 Å². The molecule has 22 heavy (non-hydrogen) atoms. The van der Waals surface area contributed by atoms with E-state index in [0.29, 0.717) is 0 Å². The van der Waals surface area contributed by atoms with Gasteiger partial charge in [0, 0.05) is 16.1 Å². The summed E-state index contributed by atoms with van der Waals surface area (Å²) in [7, 11) is 0. The zero-order valence-electron chi connectivity index (χ0n) is 12.7. The van der Waals surface area contributed by atoms with Gasteiger partial charge in [-0.3, -0.25) is 4.79 Å². The Morgan fingerprint density at radius 3 is 2.14 bits per heavy atom. The molecule has 4 saturated carbocycles. The molecule has 1 aromatic carbocycles. The van der Waals surface area contributed by atoms with Crippen molar-refractivity contribution in [2.75, 3.05) is 0 Å². The molecule has 4 aliphatic rings. The monoisotopic (exact) mass is 359 g/mol. The van der Waals surface area contributed by atoms with Crippen molar-refractivity contribution in [1.82, 2.24) is 5.32 Å².